The van der Waals surface area contributed by atoms with Gasteiger partial charge in [0.1, 0.15) is 0 Å². The summed E-state index contributed by atoms with van der Waals surface area (Å²) < 4.78 is 0. The van der Waals surface area contributed by atoms with E-state index in [1.165, 1.54) is 0 Å². The lowest BCUT2D eigenvalue weighted by atomic mass is 10.1. The number of nitrogens with zero attached hydrogens (tertiary/aromatic N) is 2. The Morgan fingerprint density at radius 2 is 1.84 bits per heavy atom. The van der Waals surface area contributed by atoms with E-state index in [1.54, 1.807) is 42.7 Å². The van der Waals surface area contributed by atoms with E-state index < -0.39 is 5.91 Å². The SMILES string of the molecule is O=C(Nc1cccc(-c2cn[nH]c2)c1)c1n[nH]c(=O)c2ccccc12. The molecule has 122 valence electrons. The van der Waals surface area contributed by atoms with Crippen molar-refractivity contribution in [1.29, 1.82) is 0 Å². The molecular weight excluding hydrogens is 318 g/mol. The molecule has 25 heavy (non-hydrogen) atoms. The molecule has 7 nitrogen and oxygen atoms in total. The molecule has 0 aliphatic heterocycles. The fourth-order valence-corrected chi connectivity index (χ4v) is 2.66. The second kappa shape index (κ2) is 6.04. The van der Waals surface area contributed by atoms with Gasteiger partial charge in [-0.15, -0.1) is 0 Å². The zero-order valence-corrected chi connectivity index (χ0v) is 13.0. The number of rotatable bonds is 3. The Hall–Kier alpha value is -3.74. The molecule has 3 N–H and O–H groups in total. The quantitative estimate of drug-likeness (QED) is 0.537. The minimum Gasteiger partial charge on any atom is -0.321 e. The molecule has 0 aliphatic carbocycles. The van der Waals surface area contributed by atoms with Gasteiger partial charge in [0.2, 0.25) is 0 Å². The number of nitrogens with one attached hydrogen (secondary N) is 3. The van der Waals surface area contributed by atoms with Crippen molar-refractivity contribution < 1.29 is 4.79 Å². The van der Waals surface area contributed by atoms with E-state index in [0.717, 1.165) is 11.1 Å². The molecule has 4 aromatic rings. The summed E-state index contributed by atoms with van der Waals surface area (Å²) in [5.41, 5.74) is 2.31. The smallest absolute Gasteiger partial charge is 0.276 e. The molecule has 2 aromatic heterocycles. The minimum atomic E-state index is -0.392. The molecule has 0 fully saturated rings. The van der Waals surface area contributed by atoms with Gasteiger partial charge in [0.05, 0.1) is 11.6 Å². The highest BCUT2D eigenvalue weighted by Gasteiger charge is 2.14. The predicted octanol–water partition coefficient (Wildman–Crippen LogP) is 2.57. The van der Waals surface area contributed by atoms with E-state index in [9.17, 15) is 9.59 Å². The highest BCUT2D eigenvalue weighted by molar-refractivity contribution is 6.11. The number of benzene rings is 2. The van der Waals surface area contributed by atoms with Crippen LogP contribution in [-0.2, 0) is 0 Å². The van der Waals surface area contributed by atoms with Gasteiger partial charge in [-0.2, -0.15) is 10.2 Å². The number of hydrogen-bond acceptors (Lipinski definition) is 4. The third-order valence-corrected chi connectivity index (χ3v) is 3.86. The standard InChI is InChI=1S/C18H13N5O2/c24-17-15-7-2-1-6-14(15)16(22-23-17)18(25)21-13-5-3-4-11(8-13)12-9-19-20-10-12/h1-10H,(H,19,20)(H,21,25)(H,23,24). The Morgan fingerprint density at radius 3 is 2.64 bits per heavy atom. The first kappa shape index (κ1) is 14.8. The van der Waals surface area contributed by atoms with Gasteiger partial charge in [-0.25, -0.2) is 5.10 Å². The Kier molecular flexibility index (Phi) is 3.59. The van der Waals surface area contributed by atoms with E-state index >= 15 is 0 Å². The summed E-state index contributed by atoms with van der Waals surface area (Å²) in [6, 6.07) is 14.3. The summed E-state index contributed by atoms with van der Waals surface area (Å²) in [5, 5.41) is 16.7. The van der Waals surface area contributed by atoms with Crippen molar-refractivity contribution in [2.45, 2.75) is 0 Å². The van der Waals surface area contributed by atoms with Gasteiger partial charge < -0.3 is 5.32 Å². The Balaban J connectivity index is 1.69. The number of aromatic nitrogens is 4. The fourth-order valence-electron chi connectivity index (χ4n) is 2.66. The third kappa shape index (κ3) is 2.78. The largest absolute Gasteiger partial charge is 0.321 e. The van der Waals surface area contributed by atoms with Crippen LogP contribution >= 0.6 is 0 Å². The summed E-state index contributed by atoms with van der Waals surface area (Å²) in [6.07, 6.45) is 3.48. The Morgan fingerprint density at radius 1 is 1.00 bits per heavy atom. The summed E-state index contributed by atoms with van der Waals surface area (Å²) in [5.74, 6) is -0.392. The summed E-state index contributed by atoms with van der Waals surface area (Å²) >= 11 is 0. The van der Waals surface area contributed by atoms with Crippen molar-refractivity contribution >= 4 is 22.4 Å². The lowest BCUT2D eigenvalue weighted by Crippen LogP contribution is -2.19. The lowest BCUT2D eigenvalue weighted by molar-refractivity contribution is 0.102. The normalized spacial score (nSPS) is 10.7. The van der Waals surface area contributed by atoms with Crippen LogP contribution in [0.3, 0.4) is 0 Å². The highest BCUT2D eigenvalue weighted by Crippen LogP contribution is 2.22. The Bertz CT molecular complexity index is 1120. The molecule has 1 amide bonds. The lowest BCUT2D eigenvalue weighted by Gasteiger charge is -2.08. The van der Waals surface area contributed by atoms with Crippen LogP contribution in [0.4, 0.5) is 5.69 Å². The number of carbonyl (C=O) groups is 1. The number of H-pyrrole nitrogens is 2. The molecule has 0 aliphatic rings. The Labute approximate surface area is 141 Å². The van der Waals surface area contributed by atoms with E-state index in [2.05, 4.69) is 25.7 Å². The van der Waals surface area contributed by atoms with Gasteiger partial charge >= 0.3 is 0 Å². The maximum absolute atomic E-state index is 12.6. The number of hydrogen-bond donors (Lipinski definition) is 3. The average Bonchev–Trinajstić information content (AvgIpc) is 3.17. The average molecular weight is 331 g/mol. The van der Waals surface area contributed by atoms with Gasteiger partial charge in [-0.1, -0.05) is 30.3 Å². The number of carbonyl (C=O) groups excluding carboxylic acids is 1. The molecule has 0 spiro atoms. The van der Waals surface area contributed by atoms with Crippen molar-refractivity contribution in [3.63, 3.8) is 0 Å². The number of aromatic amines is 2. The van der Waals surface area contributed by atoms with E-state index in [-0.39, 0.29) is 11.3 Å². The van der Waals surface area contributed by atoms with E-state index in [1.807, 2.05) is 18.2 Å². The first-order chi connectivity index (χ1) is 12.2. The van der Waals surface area contributed by atoms with Gasteiger partial charge in [-0.3, -0.25) is 14.7 Å². The number of amides is 1. The summed E-state index contributed by atoms with van der Waals surface area (Å²) in [6.45, 7) is 0. The van der Waals surface area contributed by atoms with Crippen molar-refractivity contribution in [2.75, 3.05) is 5.32 Å². The molecule has 4 rings (SSSR count). The van der Waals surface area contributed by atoms with Gasteiger partial charge in [0.15, 0.2) is 5.69 Å². The third-order valence-electron chi connectivity index (χ3n) is 3.86. The first-order valence-corrected chi connectivity index (χ1v) is 7.60. The zero-order chi connectivity index (χ0) is 17.2. The maximum Gasteiger partial charge on any atom is 0.276 e. The van der Waals surface area contributed by atoms with Gasteiger partial charge in [0.25, 0.3) is 11.5 Å². The molecule has 0 bridgehead atoms. The fraction of sp³-hybridized carbons (Fsp3) is 0. The molecule has 0 saturated carbocycles. The van der Waals surface area contributed by atoms with Crippen LogP contribution < -0.4 is 10.9 Å². The summed E-state index contributed by atoms with van der Waals surface area (Å²) in [7, 11) is 0. The second-order valence-corrected chi connectivity index (χ2v) is 5.47. The molecule has 2 heterocycles. The molecule has 0 radical (unpaired) electrons. The van der Waals surface area contributed by atoms with Crippen LogP contribution in [0.5, 0.6) is 0 Å². The number of fused-ring (bicyclic) bond motifs is 1. The molecule has 2 aromatic carbocycles. The highest BCUT2D eigenvalue weighted by atomic mass is 16.2. The topological polar surface area (TPSA) is 104 Å². The van der Waals surface area contributed by atoms with Gasteiger partial charge in [-0.05, 0) is 23.8 Å². The maximum atomic E-state index is 12.6. The van der Waals surface area contributed by atoms with Crippen molar-refractivity contribution in [1.82, 2.24) is 20.4 Å². The van der Waals surface area contributed by atoms with Gasteiger partial charge in [0, 0.05) is 22.8 Å². The van der Waals surface area contributed by atoms with Crippen LogP contribution in [0.2, 0.25) is 0 Å². The first-order valence-electron chi connectivity index (χ1n) is 7.60. The molecule has 0 unspecified atom stereocenters. The van der Waals surface area contributed by atoms with Crippen LogP contribution in [0.15, 0.2) is 65.7 Å². The van der Waals surface area contributed by atoms with Crippen LogP contribution in [-0.4, -0.2) is 26.3 Å². The van der Waals surface area contributed by atoms with Crippen LogP contribution in [0, 0.1) is 0 Å². The molecular formula is C18H13N5O2. The molecule has 0 saturated heterocycles. The van der Waals surface area contributed by atoms with Crippen molar-refractivity contribution in [2.24, 2.45) is 0 Å². The molecule has 0 atom stereocenters. The van der Waals surface area contributed by atoms with Crippen LogP contribution in [0.1, 0.15) is 10.5 Å². The second-order valence-electron chi connectivity index (χ2n) is 5.47. The van der Waals surface area contributed by atoms with Crippen LogP contribution in [0.25, 0.3) is 21.9 Å². The van der Waals surface area contributed by atoms with Crippen molar-refractivity contribution in [3.8, 4) is 11.1 Å². The van der Waals surface area contributed by atoms with E-state index in [0.29, 0.717) is 16.5 Å². The predicted molar refractivity (Wildman–Crippen MR) is 94.3 cm³/mol. The van der Waals surface area contributed by atoms with Crippen molar-refractivity contribution in [3.05, 3.63) is 77.0 Å². The monoisotopic (exact) mass is 331 g/mol. The minimum absolute atomic E-state index is 0.170. The number of anilines is 1. The summed E-state index contributed by atoms with van der Waals surface area (Å²) in [4.78, 5) is 24.5. The zero-order valence-electron chi connectivity index (χ0n) is 13.0. The molecule has 7 heteroatoms. The van der Waals surface area contributed by atoms with E-state index in [4.69, 9.17) is 0 Å².